The minimum atomic E-state index is -4.24. The molecule has 0 aromatic carbocycles. The van der Waals surface area contributed by atoms with Crippen LogP contribution >= 0.6 is 7.60 Å². The molecule has 1 aliphatic rings. The van der Waals surface area contributed by atoms with Crippen molar-refractivity contribution in [2.45, 2.75) is 25.5 Å². The Hall–Kier alpha value is -1.74. The van der Waals surface area contributed by atoms with Crippen LogP contribution in [0.3, 0.4) is 0 Å². The number of aromatic hydroxyl groups is 1. The minimum absolute atomic E-state index is 0.0826. The van der Waals surface area contributed by atoms with Crippen molar-refractivity contribution in [3.05, 3.63) is 6.33 Å². The van der Waals surface area contributed by atoms with E-state index in [9.17, 15) is 9.67 Å². The topological polar surface area (TPSA) is 157 Å². The van der Waals surface area contributed by atoms with Crippen molar-refractivity contribution < 1.29 is 24.2 Å². The van der Waals surface area contributed by atoms with Gasteiger partial charge in [-0.15, -0.1) is 0 Å². The Bertz CT molecular complexity index is 774. The third-order valence-electron chi connectivity index (χ3n) is 3.81. The van der Waals surface area contributed by atoms with E-state index in [1.54, 1.807) is 4.57 Å². The van der Waals surface area contributed by atoms with Crippen molar-refractivity contribution in [2.24, 2.45) is 5.92 Å². The lowest BCUT2D eigenvalue weighted by Gasteiger charge is -2.19. The first-order chi connectivity index (χ1) is 10.2. The Morgan fingerprint density at radius 1 is 1.55 bits per heavy atom. The number of ether oxygens (including phenoxy) is 1. The van der Waals surface area contributed by atoms with E-state index in [0.29, 0.717) is 18.6 Å². The number of nitrogen functional groups attached to an aromatic ring is 1. The van der Waals surface area contributed by atoms with E-state index >= 15 is 0 Å². The fraction of sp³-hybridized carbons (Fsp3) is 0.545. The summed E-state index contributed by atoms with van der Waals surface area (Å²) in [6.45, 7) is 2.24. The molecule has 0 bridgehead atoms. The molecular weight excluding hydrogens is 313 g/mol. The largest absolute Gasteiger partial charge is 0.492 e. The van der Waals surface area contributed by atoms with Gasteiger partial charge in [-0.3, -0.25) is 4.57 Å². The molecule has 2 heterocycles. The van der Waals surface area contributed by atoms with Gasteiger partial charge in [-0.25, -0.2) is 4.98 Å². The van der Waals surface area contributed by atoms with Crippen molar-refractivity contribution in [3.63, 3.8) is 0 Å². The molecule has 10 nitrogen and oxygen atoms in total. The summed E-state index contributed by atoms with van der Waals surface area (Å²) in [4.78, 5) is 29.6. The van der Waals surface area contributed by atoms with Gasteiger partial charge in [-0.2, -0.15) is 9.97 Å². The molecular formula is C11H16N5O5P. The van der Waals surface area contributed by atoms with Crippen LogP contribution in [0, 0.1) is 5.92 Å². The van der Waals surface area contributed by atoms with Crippen molar-refractivity contribution >= 4 is 24.7 Å². The SMILES string of the molecule is C[C@H]1C[C@@]1(Cn1cnc2c(O)nc(N)nc21)OCP(=O)(O)O. The predicted molar refractivity (Wildman–Crippen MR) is 75.9 cm³/mol. The summed E-state index contributed by atoms with van der Waals surface area (Å²) in [7, 11) is -4.24. The second kappa shape index (κ2) is 4.88. The maximum atomic E-state index is 11.0. The van der Waals surface area contributed by atoms with Gasteiger partial charge < -0.3 is 29.9 Å². The molecule has 0 amide bonds. The van der Waals surface area contributed by atoms with Crippen LogP contribution in [0.15, 0.2) is 6.33 Å². The number of imidazole rings is 1. The third kappa shape index (κ3) is 2.78. The van der Waals surface area contributed by atoms with Crippen molar-refractivity contribution in [2.75, 3.05) is 12.1 Å². The molecule has 5 N–H and O–H groups in total. The number of fused-ring (bicyclic) bond motifs is 1. The number of nitrogens with zero attached hydrogens (tertiary/aromatic N) is 4. The number of rotatable bonds is 5. The van der Waals surface area contributed by atoms with Crippen molar-refractivity contribution in [3.8, 4) is 5.88 Å². The number of hydrogen-bond donors (Lipinski definition) is 4. The van der Waals surface area contributed by atoms with Gasteiger partial charge in [-0.05, 0) is 12.3 Å². The van der Waals surface area contributed by atoms with Gasteiger partial charge in [0.25, 0.3) is 0 Å². The van der Waals surface area contributed by atoms with E-state index in [1.165, 1.54) is 6.33 Å². The monoisotopic (exact) mass is 329 g/mol. The molecule has 2 aromatic rings. The van der Waals surface area contributed by atoms with Crippen LogP contribution in [0.25, 0.3) is 11.2 Å². The zero-order valence-corrected chi connectivity index (χ0v) is 12.6. The van der Waals surface area contributed by atoms with Gasteiger partial charge in [0, 0.05) is 0 Å². The standard InChI is InChI=1S/C11H16N5O5P/c1-6-2-11(6,21-5-22(18,19)20)3-16-4-13-7-8(16)14-10(12)15-9(7)17/h4,6H,2-3,5H2,1H3,(H2,18,19,20)(H3,12,14,15,17)/t6-,11-/m0/s1. The van der Waals surface area contributed by atoms with Gasteiger partial charge in [0.1, 0.15) is 6.35 Å². The molecule has 22 heavy (non-hydrogen) atoms. The Labute approximate surface area is 125 Å². The highest BCUT2D eigenvalue weighted by atomic mass is 31.2. The van der Waals surface area contributed by atoms with Gasteiger partial charge >= 0.3 is 7.60 Å². The molecule has 3 rings (SSSR count). The van der Waals surface area contributed by atoms with E-state index in [-0.39, 0.29) is 23.3 Å². The molecule has 1 fully saturated rings. The highest BCUT2D eigenvalue weighted by Gasteiger charge is 2.53. The lowest BCUT2D eigenvalue weighted by Crippen LogP contribution is -2.24. The zero-order chi connectivity index (χ0) is 16.1. The Morgan fingerprint density at radius 2 is 2.23 bits per heavy atom. The van der Waals surface area contributed by atoms with Crippen LogP contribution in [-0.4, -0.2) is 46.4 Å². The first-order valence-electron chi connectivity index (χ1n) is 6.56. The van der Waals surface area contributed by atoms with Crippen LogP contribution in [0.4, 0.5) is 5.95 Å². The molecule has 1 saturated carbocycles. The summed E-state index contributed by atoms with van der Waals surface area (Å²) in [5, 5.41) is 9.70. The first kappa shape index (κ1) is 15.2. The van der Waals surface area contributed by atoms with Crippen LogP contribution in [0.1, 0.15) is 13.3 Å². The second-order valence-corrected chi connectivity index (χ2v) is 7.15. The van der Waals surface area contributed by atoms with E-state index in [0.717, 1.165) is 0 Å². The Morgan fingerprint density at radius 3 is 2.82 bits per heavy atom. The quantitative estimate of drug-likeness (QED) is 0.556. The minimum Gasteiger partial charge on any atom is -0.492 e. The number of aromatic nitrogens is 4. The Kier molecular flexibility index (Phi) is 3.37. The summed E-state index contributed by atoms with van der Waals surface area (Å²) < 4.78 is 18.1. The average molecular weight is 329 g/mol. The molecule has 11 heteroatoms. The highest BCUT2D eigenvalue weighted by Crippen LogP contribution is 2.50. The van der Waals surface area contributed by atoms with E-state index < -0.39 is 19.5 Å². The van der Waals surface area contributed by atoms with Crippen LogP contribution in [-0.2, 0) is 15.8 Å². The fourth-order valence-electron chi connectivity index (χ4n) is 2.49. The molecule has 2 atom stereocenters. The average Bonchev–Trinajstić information content (AvgIpc) is 2.83. The number of hydrogen-bond acceptors (Lipinski definition) is 7. The van der Waals surface area contributed by atoms with Crippen LogP contribution < -0.4 is 5.73 Å². The summed E-state index contributed by atoms with van der Waals surface area (Å²) in [5.41, 5.74) is 5.41. The Balaban J connectivity index is 1.87. The van der Waals surface area contributed by atoms with Gasteiger partial charge in [-0.1, -0.05) is 6.92 Å². The fourth-order valence-corrected chi connectivity index (χ4v) is 2.91. The highest BCUT2D eigenvalue weighted by molar-refractivity contribution is 7.51. The molecule has 0 aliphatic heterocycles. The zero-order valence-electron chi connectivity index (χ0n) is 11.7. The van der Waals surface area contributed by atoms with Gasteiger partial charge in [0.05, 0.1) is 18.5 Å². The van der Waals surface area contributed by atoms with Crippen LogP contribution in [0.5, 0.6) is 5.88 Å². The number of anilines is 1. The second-order valence-electron chi connectivity index (χ2n) is 5.56. The predicted octanol–water partition coefficient (Wildman–Crippen LogP) is 0.0445. The molecule has 120 valence electrons. The molecule has 0 saturated heterocycles. The van der Waals surface area contributed by atoms with E-state index in [4.69, 9.17) is 20.3 Å². The summed E-state index contributed by atoms with van der Waals surface area (Å²) in [6, 6.07) is 0. The lowest BCUT2D eigenvalue weighted by molar-refractivity contribution is 0.0306. The normalized spacial score (nSPS) is 24.8. The van der Waals surface area contributed by atoms with Gasteiger partial charge in [0.2, 0.25) is 11.8 Å². The van der Waals surface area contributed by atoms with E-state index in [2.05, 4.69) is 15.0 Å². The molecule has 2 aromatic heterocycles. The molecule has 1 aliphatic carbocycles. The first-order valence-corrected chi connectivity index (χ1v) is 8.36. The number of nitrogens with two attached hydrogens (primary N) is 1. The van der Waals surface area contributed by atoms with Crippen molar-refractivity contribution in [1.82, 2.24) is 19.5 Å². The smallest absolute Gasteiger partial charge is 0.351 e. The van der Waals surface area contributed by atoms with Crippen molar-refractivity contribution in [1.29, 1.82) is 0 Å². The molecule has 0 radical (unpaired) electrons. The molecule has 0 unspecified atom stereocenters. The molecule has 0 spiro atoms. The van der Waals surface area contributed by atoms with E-state index in [1.807, 2.05) is 6.92 Å². The summed E-state index contributed by atoms with van der Waals surface area (Å²) >= 11 is 0. The summed E-state index contributed by atoms with van der Waals surface area (Å²) in [5.74, 6) is -0.250. The maximum Gasteiger partial charge on any atom is 0.351 e. The van der Waals surface area contributed by atoms with Gasteiger partial charge in [0.15, 0.2) is 11.2 Å². The van der Waals surface area contributed by atoms with Crippen LogP contribution in [0.2, 0.25) is 0 Å². The summed E-state index contributed by atoms with van der Waals surface area (Å²) in [6.07, 6.45) is 1.50. The lowest BCUT2D eigenvalue weighted by atomic mass is 10.2. The third-order valence-corrected chi connectivity index (χ3v) is 4.28. The maximum absolute atomic E-state index is 11.0.